The number of rotatable bonds is 0. The van der Waals surface area contributed by atoms with E-state index in [1.54, 1.807) is 0 Å². The zero-order valence-electron chi connectivity index (χ0n) is 7.04. The first-order chi connectivity index (χ1) is 6.12. The largest absolute Gasteiger partial charge is 0.296 e. The molecule has 0 amide bonds. The van der Waals surface area contributed by atoms with Crippen molar-refractivity contribution in [3.8, 4) is 0 Å². The summed E-state index contributed by atoms with van der Waals surface area (Å²) in [6.45, 7) is 0. The van der Waals surface area contributed by atoms with Crippen LogP contribution in [-0.4, -0.2) is 10.1 Å². The van der Waals surface area contributed by atoms with Gasteiger partial charge in [-0.2, -0.15) is 0 Å². The molecule has 0 unspecified atom stereocenters. The molecule has 1 saturated carbocycles. The summed E-state index contributed by atoms with van der Waals surface area (Å²) in [5, 5.41) is 0. The summed E-state index contributed by atoms with van der Waals surface area (Å²) in [5.41, 5.74) is 0. The molecule has 0 aliphatic heterocycles. The number of Topliss-reactive ketones (excluding diaryl/α,β-unsaturated/α-hetero) is 1. The van der Waals surface area contributed by atoms with Crippen molar-refractivity contribution in [2.75, 3.05) is 0 Å². The van der Waals surface area contributed by atoms with Crippen molar-refractivity contribution in [1.29, 1.82) is 0 Å². The maximum Gasteiger partial charge on any atom is 0.182 e. The molecule has 0 N–H and O–H groups in total. The van der Waals surface area contributed by atoms with Crippen LogP contribution in [0.4, 0.5) is 0 Å². The van der Waals surface area contributed by atoms with Gasteiger partial charge in [0.05, 0.1) is 0 Å². The van der Waals surface area contributed by atoms with E-state index < -0.39 is 4.33 Å². The molecule has 0 bridgehead atoms. The van der Waals surface area contributed by atoms with Crippen molar-refractivity contribution in [2.45, 2.75) is 17.2 Å². The van der Waals surface area contributed by atoms with Crippen molar-refractivity contribution in [1.82, 2.24) is 0 Å². The van der Waals surface area contributed by atoms with E-state index in [2.05, 4.69) is 6.08 Å². The molecule has 70 valence electrons. The molecule has 3 heteroatoms. The molecular weight excluding hydrogens is 207 g/mol. The van der Waals surface area contributed by atoms with E-state index in [4.69, 9.17) is 23.2 Å². The number of carbonyl (C=O) groups is 1. The topological polar surface area (TPSA) is 17.1 Å². The highest BCUT2D eigenvalue weighted by molar-refractivity contribution is 6.59. The van der Waals surface area contributed by atoms with E-state index in [1.807, 2.05) is 18.2 Å². The van der Waals surface area contributed by atoms with Crippen LogP contribution in [0.3, 0.4) is 0 Å². The van der Waals surface area contributed by atoms with Gasteiger partial charge in [-0.1, -0.05) is 47.5 Å². The van der Waals surface area contributed by atoms with E-state index >= 15 is 0 Å². The molecule has 2 aliphatic carbocycles. The first-order valence-corrected chi connectivity index (χ1v) is 5.12. The number of allylic oxidation sites excluding steroid dienone is 4. The van der Waals surface area contributed by atoms with Gasteiger partial charge in [0.1, 0.15) is 0 Å². The monoisotopic (exact) mass is 216 g/mol. The lowest BCUT2D eigenvalue weighted by molar-refractivity contribution is -0.118. The van der Waals surface area contributed by atoms with Gasteiger partial charge < -0.3 is 0 Å². The third-order valence-corrected chi connectivity index (χ3v) is 3.68. The fourth-order valence-corrected chi connectivity index (χ4v) is 2.66. The summed E-state index contributed by atoms with van der Waals surface area (Å²) < 4.78 is -1.19. The molecule has 2 rings (SSSR count). The lowest BCUT2D eigenvalue weighted by Gasteiger charge is -2.20. The van der Waals surface area contributed by atoms with Crippen molar-refractivity contribution in [3.63, 3.8) is 0 Å². The van der Waals surface area contributed by atoms with Gasteiger partial charge in [-0.05, 0) is 12.3 Å². The number of hydrogen-bond donors (Lipinski definition) is 0. The van der Waals surface area contributed by atoms with E-state index in [1.165, 1.54) is 0 Å². The summed E-state index contributed by atoms with van der Waals surface area (Å²) in [6.07, 6.45) is 9.30. The van der Waals surface area contributed by atoms with E-state index in [0.29, 0.717) is 6.42 Å². The fraction of sp³-hybridized carbons (Fsp3) is 0.500. The van der Waals surface area contributed by atoms with Gasteiger partial charge in [0, 0.05) is 12.3 Å². The lowest BCUT2D eigenvalue weighted by Crippen LogP contribution is -2.27. The molecule has 2 aliphatic rings. The highest BCUT2D eigenvalue weighted by Gasteiger charge is 2.51. The van der Waals surface area contributed by atoms with Gasteiger partial charge in [-0.15, -0.1) is 0 Å². The minimum Gasteiger partial charge on any atom is -0.296 e. The first kappa shape index (κ1) is 9.29. The Kier molecular flexibility index (Phi) is 2.25. The molecule has 0 heterocycles. The van der Waals surface area contributed by atoms with Crippen LogP contribution >= 0.6 is 23.2 Å². The third-order valence-electron chi connectivity index (χ3n) is 2.75. The van der Waals surface area contributed by atoms with Crippen LogP contribution in [0.1, 0.15) is 12.8 Å². The predicted molar refractivity (Wildman–Crippen MR) is 53.9 cm³/mol. The standard InChI is InChI=1S/C10H10Cl2O/c11-10(12)8-5-3-1-2-4-7(8)6-9(10)13/h1-3,5,7-8H,4,6H2/t7-,8-/m0/s1. The van der Waals surface area contributed by atoms with Gasteiger partial charge in [-0.3, -0.25) is 4.79 Å². The minimum atomic E-state index is -1.19. The van der Waals surface area contributed by atoms with Crippen molar-refractivity contribution in [3.05, 3.63) is 24.3 Å². The number of fused-ring (bicyclic) bond motifs is 1. The molecule has 0 spiro atoms. The van der Waals surface area contributed by atoms with Crippen LogP contribution in [0.15, 0.2) is 24.3 Å². The molecular formula is C10H10Cl2O. The Hall–Kier alpha value is -0.270. The van der Waals surface area contributed by atoms with E-state index in [-0.39, 0.29) is 17.6 Å². The first-order valence-electron chi connectivity index (χ1n) is 4.37. The Morgan fingerprint density at radius 3 is 2.92 bits per heavy atom. The SMILES string of the molecule is O=C1C[C@@H]2CC=CC=C[C@@H]2C1(Cl)Cl. The number of alkyl halides is 2. The third kappa shape index (κ3) is 1.44. The van der Waals surface area contributed by atoms with Gasteiger partial charge >= 0.3 is 0 Å². The molecule has 1 nitrogen and oxygen atoms in total. The fourth-order valence-electron chi connectivity index (χ4n) is 2.01. The smallest absolute Gasteiger partial charge is 0.182 e. The van der Waals surface area contributed by atoms with Crippen LogP contribution in [-0.2, 0) is 4.79 Å². The molecule has 13 heavy (non-hydrogen) atoms. The molecule has 1 fully saturated rings. The van der Waals surface area contributed by atoms with Gasteiger partial charge in [-0.25, -0.2) is 0 Å². The van der Waals surface area contributed by atoms with Crippen LogP contribution in [0, 0.1) is 11.8 Å². The minimum absolute atomic E-state index is 0.0154. The zero-order chi connectivity index (χ0) is 9.47. The highest BCUT2D eigenvalue weighted by Crippen LogP contribution is 2.48. The van der Waals surface area contributed by atoms with Crippen LogP contribution < -0.4 is 0 Å². The van der Waals surface area contributed by atoms with E-state index in [9.17, 15) is 4.79 Å². The normalized spacial score (nSPS) is 36.0. The summed E-state index contributed by atoms with van der Waals surface area (Å²) in [7, 11) is 0. The summed E-state index contributed by atoms with van der Waals surface area (Å²) in [5.74, 6) is 0.238. The van der Waals surface area contributed by atoms with Crippen molar-refractivity contribution >= 4 is 29.0 Å². The Morgan fingerprint density at radius 1 is 1.38 bits per heavy atom. The Morgan fingerprint density at radius 2 is 2.15 bits per heavy atom. The Balaban J connectivity index is 2.32. The molecule has 0 saturated heterocycles. The average molecular weight is 217 g/mol. The highest BCUT2D eigenvalue weighted by atomic mass is 35.5. The zero-order valence-corrected chi connectivity index (χ0v) is 8.55. The van der Waals surface area contributed by atoms with Crippen LogP contribution in [0.2, 0.25) is 0 Å². The van der Waals surface area contributed by atoms with Gasteiger partial charge in [0.15, 0.2) is 10.1 Å². The second kappa shape index (κ2) is 3.14. The molecule has 0 aromatic heterocycles. The Bertz CT molecular complexity index is 291. The lowest BCUT2D eigenvalue weighted by atomic mass is 9.93. The predicted octanol–water partition coefficient (Wildman–Crippen LogP) is 2.88. The second-order valence-corrected chi connectivity index (χ2v) is 4.97. The number of halogens is 2. The molecule has 0 aromatic rings. The van der Waals surface area contributed by atoms with Crippen molar-refractivity contribution in [2.24, 2.45) is 11.8 Å². The summed E-state index contributed by atoms with van der Waals surface area (Å²) in [4.78, 5) is 11.5. The molecule has 2 atom stereocenters. The second-order valence-electron chi connectivity index (χ2n) is 3.58. The van der Waals surface area contributed by atoms with Gasteiger partial charge in [0.25, 0.3) is 0 Å². The quantitative estimate of drug-likeness (QED) is 0.570. The summed E-state index contributed by atoms with van der Waals surface area (Å²) in [6, 6.07) is 0. The maximum absolute atomic E-state index is 11.5. The molecule has 0 radical (unpaired) electrons. The number of carbonyl (C=O) groups excluding carboxylic acids is 1. The van der Waals surface area contributed by atoms with Crippen molar-refractivity contribution < 1.29 is 4.79 Å². The maximum atomic E-state index is 11.5. The molecule has 0 aromatic carbocycles. The Labute approximate surface area is 87.4 Å². The number of hydrogen-bond acceptors (Lipinski definition) is 1. The number of ketones is 1. The van der Waals surface area contributed by atoms with Crippen LogP contribution in [0.25, 0.3) is 0 Å². The van der Waals surface area contributed by atoms with Gasteiger partial charge in [0.2, 0.25) is 0 Å². The average Bonchev–Trinajstić information content (AvgIpc) is 2.31. The van der Waals surface area contributed by atoms with Crippen LogP contribution in [0.5, 0.6) is 0 Å². The summed E-state index contributed by atoms with van der Waals surface area (Å²) >= 11 is 12.0. The van der Waals surface area contributed by atoms with E-state index in [0.717, 1.165) is 6.42 Å².